The summed E-state index contributed by atoms with van der Waals surface area (Å²) in [5.41, 5.74) is 6.80. The molecule has 1 saturated carbocycles. The Balaban J connectivity index is 2.27. The molecule has 0 unspecified atom stereocenters. The second-order valence-electron chi connectivity index (χ2n) is 3.67. The van der Waals surface area contributed by atoms with Crippen LogP contribution in [-0.4, -0.2) is 11.7 Å². The molecule has 2 rings (SSSR count). The predicted molar refractivity (Wildman–Crippen MR) is 45.8 cm³/mol. The summed E-state index contributed by atoms with van der Waals surface area (Å²) in [4.78, 5) is 0. The van der Waals surface area contributed by atoms with Gasteiger partial charge in [-0.05, 0) is 19.8 Å². The van der Waals surface area contributed by atoms with Crippen LogP contribution in [0.15, 0.2) is 10.6 Å². The molecular formula is C9H14N2O. The largest absolute Gasteiger partial charge is 0.361 e. The standard InChI is InChI=1S/C9H14N2O/c1-7-5-8(12-11-7)9(6-10)3-2-4-9/h5H,2-4,6,10H2,1H3. The topological polar surface area (TPSA) is 52.0 Å². The molecule has 1 heterocycles. The van der Waals surface area contributed by atoms with Crippen LogP contribution in [0.1, 0.15) is 30.7 Å². The fraction of sp³-hybridized carbons (Fsp3) is 0.667. The summed E-state index contributed by atoms with van der Waals surface area (Å²) in [5.74, 6) is 0.980. The minimum Gasteiger partial charge on any atom is -0.361 e. The summed E-state index contributed by atoms with van der Waals surface area (Å²) < 4.78 is 5.23. The third kappa shape index (κ3) is 0.966. The van der Waals surface area contributed by atoms with Gasteiger partial charge in [-0.1, -0.05) is 11.6 Å². The van der Waals surface area contributed by atoms with E-state index in [0.29, 0.717) is 6.54 Å². The summed E-state index contributed by atoms with van der Waals surface area (Å²) >= 11 is 0. The molecule has 2 N–H and O–H groups in total. The zero-order valence-corrected chi connectivity index (χ0v) is 7.34. The SMILES string of the molecule is Cc1cc(C2(CN)CCC2)on1. The lowest BCUT2D eigenvalue weighted by Crippen LogP contribution is -2.41. The summed E-state index contributed by atoms with van der Waals surface area (Å²) in [6, 6.07) is 2.01. The molecule has 0 saturated heterocycles. The molecule has 0 amide bonds. The maximum Gasteiger partial charge on any atom is 0.144 e. The molecule has 1 aromatic heterocycles. The number of nitrogens with two attached hydrogens (primary N) is 1. The summed E-state index contributed by atoms with van der Waals surface area (Å²) in [6.07, 6.45) is 3.56. The zero-order chi connectivity index (χ0) is 8.60. The fourth-order valence-corrected chi connectivity index (χ4v) is 1.77. The van der Waals surface area contributed by atoms with Crippen LogP contribution in [0.3, 0.4) is 0 Å². The van der Waals surface area contributed by atoms with E-state index in [1.165, 1.54) is 6.42 Å². The summed E-state index contributed by atoms with van der Waals surface area (Å²) in [7, 11) is 0. The first kappa shape index (κ1) is 7.80. The predicted octanol–water partition coefficient (Wildman–Crippen LogP) is 1.36. The Kier molecular flexibility index (Phi) is 1.68. The molecule has 0 bridgehead atoms. The lowest BCUT2D eigenvalue weighted by molar-refractivity contribution is 0.189. The molecular weight excluding hydrogens is 152 g/mol. The van der Waals surface area contributed by atoms with Crippen LogP contribution in [0.5, 0.6) is 0 Å². The van der Waals surface area contributed by atoms with Gasteiger partial charge in [0.05, 0.1) is 5.69 Å². The highest BCUT2D eigenvalue weighted by Gasteiger charge is 2.40. The third-order valence-corrected chi connectivity index (χ3v) is 2.85. The normalized spacial score (nSPS) is 20.5. The highest BCUT2D eigenvalue weighted by molar-refractivity contribution is 5.19. The van der Waals surface area contributed by atoms with E-state index in [-0.39, 0.29) is 5.41 Å². The van der Waals surface area contributed by atoms with Gasteiger partial charge in [-0.25, -0.2) is 0 Å². The van der Waals surface area contributed by atoms with Crippen LogP contribution in [0.4, 0.5) is 0 Å². The van der Waals surface area contributed by atoms with Gasteiger partial charge < -0.3 is 10.3 Å². The van der Waals surface area contributed by atoms with Crippen LogP contribution in [0.25, 0.3) is 0 Å². The number of aromatic nitrogens is 1. The van der Waals surface area contributed by atoms with Crippen molar-refractivity contribution in [1.82, 2.24) is 5.16 Å². The van der Waals surface area contributed by atoms with Crippen LogP contribution in [-0.2, 0) is 5.41 Å². The average Bonchev–Trinajstić information content (AvgIpc) is 2.35. The van der Waals surface area contributed by atoms with Crippen molar-refractivity contribution in [3.8, 4) is 0 Å². The zero-order valence-electron chi connectivity index (χ0n) is 7.34. The van der Waals surface area contributed by atoms with E-state index in [9.17, 15) is 0 Å². The van der Waals surface area contributed by atoms with Gasteiger partial charge in [0.25, 0.3) is 0 Å². The molecule has 66 valence electrons. The highest BCUT2D eigenvalue weighted by Crippen LogP contribution is 2.42. The maximum atomic E-state index is 5.72. The molecule has 1 aliphatic rings. The molecule has 0 aliphatic heterocycles. The molecule has 0 spiro atoms. The van der Waals surface area contributed by atoms with Crippen LogP contribution in [0.2, 0.25) is 0 Å². The molecule has 3 heteroatoms. The molecule has 1 aliphatic carbocycles. The second kappa shape index (κ2) is 2.59. The minimum absolute atomic E-state index is 0.126. The van der Waals surface area contributed by atoms with Crippen molar-refractivity contribution in [2.75, 3.05) is 6.54 Å². The van der Waals surface area contributed by atoms with Gasteiger partial charge in [-0.2, -0.15) is 0 Å². The number of hydrogen-bond acceptors (Lipinski definition) is 3. The van der Waals surface area contributed by atoms with Crippen LogP contribution >= 0.6 is 0 Å². The maximum absolute atomic E-state index is 5.72. The van der Waals surface area contributed by atoms with E-state index in [1.807, 2.05) is 13.0 Å². The number of aryl methyl sites for hydroxylation is 1. The van der Waals surface area contributed by atoms with Crippen molar-refractivity contribution in [1.29, 1.82) is 0 Å². The molecule has 0 aromatic carbocycles. The minimum atomic E-state index is 0.126. The van der Waals surface area contributed by atoms with Gasteiger partial charge in [0, 0.05) is 18.0 Å². The van der Waals surface area contributed by atoms with Crippen molar-refractivity contribution < 1.29 is 4.52 Å². The van der Waals surface area contributed by atoms with Crippen molar-refractivity contribution in [2.24, 2.45) is 5.73 Å². The Morgan fingerprint density at radius 2 is 2.42 bits per heavy atom. The van der Waals surface area contributed by atoms with E-state index >= 15 is 0 Å². The van der Waals surface area contributed by atoms with Gasteiger partial charge in [-0.3, -0.25) is 0 Å². The molecule has 1 fully saturated rings. The second-order valence-corrected chi connectivity index (χ2v) is 3.67. The van der Waals surface area contributed by atoms with E-state index in [0.717, 1.165) is 24.3 Å². The Morgan fingerprint density at radius 1 is 1.67 bits per heavy atom. The van der Waals surface area contributed by atoms with E-state index in [4.69, 9.17) is 10.3 Å². The monoisotopic (exact) mass is 166 g/mol. The fourth-order valence-electron chi connectivity index (χ4n) is 1.77. The highest BCUT2D eigenvalue weighted by atomic mass is 16.5. The van der Waals surface area contributed by atoms with Crippen molar-refractivity contribution in [3.63, 3.8) is 0 Å². The van der Waals surface area contributed by atoms with E-state index in [1.54, 1.807) is 0 Å². The smallest absolute Gasteiger partial charge is 0.144 e. The Morgan fingerprint density at radius 3 is 2.75 bits per heavy atom. The van der Waals surface area contributed by atoms with E-state index in [2.05, 4.69) is 5.16 Å². The average molecular weight is 166 g/mol. The Labute approximate surface area is 71.9 Å². The van der Waals surface area contributed by atoms with Gasteiger partial charge >= 0.3 is 0 Å². The number of nitrogens with zero attached hydrogens (tertiary/aromatic N) is 1. The molecule has 3 nitrogen and oxygen atoms in total. The first-order chi connectivity index (χ1) is 5.77. The van der Waals surface area contributed by atoms with Crippen molar-refractivity contribution in [2.45, 2.75) is 31.6 Å². The quantitative estimate of drug-likeness (QED) is 0.721. The van der Waals surface area contributed by atoms with Gasteiger partial charge in [-0.15, -0.1) is 0 Å². The summed E-state index contributed by atoms with van der Waals surface area (Å²) in [6.45, 7) is 2.62. The molecule has 1 aromatic rings. The lowest BCUT2D eigenvalue weighted by Gasteiger charge is -2.38. The van der Waals surface area contributed by atoms with Crippen molar-refractivity contribution >= 4 is 0 Å². The Hall–Kier alpha value is -0.830. The van der Waals surface area contributed by atoms with Gasteiger partial charge in [0.2, 0.25) is 0 Å². The molecule has 12 heavy (non-hydrogen) atoms. The third-order valence-electron chi connectivity index (χ3n) is 2.85. The van der Waals surface area contributed by atoms with Gasteiger partial charge in [0.15, 0.2) is 0 Å². The lowest BCUT2D eigenvalue weighted by atomic mass is 9.67. The molecule has 0 radical (unpaired) electrons. The van der Waals surface area contributed by atoms with Crippen LogP contribution in [0, 0.1) is 6.92 Å². The first-order valence-electron chi connectivity index (χ1n) is 4.41. The van der Waals surface area contributed by atoms with Gasteiger partial charge in [0.1, 0.15) is 5.76 Å². The number of rotatable bonds is 2. The Bertz CT molecular complexity index is 270. The molecule has 0 atom stereocenters. The number of hydrogen-bond donors (Lipinski definition) is 1. The summed E-state index contributed by atoms with van der Waals surface area (Å²) in [5, 5.41) is 3.88. The van der Waals surface area contributed by atoms with E-state index < -0.39 is 0 Å². The van der Waals surface area contributed by atoms with Crippen molar-refractivity contribution in [3.05, 3.63) is 17.5 Å². The first-order valence-corrected chi connectivity index (χ1v) is 4.41. The van der Waals surface area contributed by atoms with Crippen LogP contribution < -0.4 is 5.73 Å².